The van der Waals surface area contributed by atoms with Crippen LogP contribution in [0.5, 0.6) is 0 Å². The number of carbonyl (C=O) groups is 1. The molecule has 5 nitrogen and oxygen atoms in total. The molecule has 0 bridgehead atoms. The van der Waals surface area contributed by atoms with E-state index < -0.39 is 4.92 Å². The van der Waals surface area contributed by atoms with Crippen LogP contribution in [0.25, 0.3) is 0 Å². The fourth-order valence-electron chi connectivity index (χ4n) is 1.89. The highest BCUT2D eigenvalue weighted by atomic mass is 79.9. The number of halogens is 1. The minimum absolute atomic E-state index is 0.00207. The number of amides is 1. The number of aryl methyl sites for hydroxylation is 1. The van der Waals surface area contributed by atoms with Crippen LogP contribution in [0.1, 0.15) is 42.6 Å². The molecule has 1 aromatic carbocycles. The number of hydrogen-bond acceptors (Lipinski definition) is 3. The third-order valence-corrected chi connectivity index (χ3v) is 3.90. The molecule has 0 saturated heterocycles. The van der Waals surface area contributed by atoms with Gasteiger partial charge in [-0.05, 0) is 38.3 Å². The molecule has 110 valence electrons. The lowest BCUT2D eigenvalue weighted by atomic mass is 9.94. The topological polar surface area (TPSA) is 72.2 Å². The van der Waals surface area contributed by atoms with Crippen molar-refractivity contribution in [1.82, 2.24) is 5.32 Å². The van der Waals surface area contributed by atoms with Crippen LogP contribution in [-0.4, -0.2) is 21.7 Å². The zero-order valence-electron chi connectivity index (χ0n) is 11.9. The molecular formula is C14H19BrN2O3. The maximum Gasteiger partial charge on any atom is 0.269 e. The number of carbonyl (C=O) groups excluding carboxylic acids is 1. The summed E-state index contributed by atoms with van der Waals surface area (Å²) < 4.78 is 0. The molecule has 0 saturated carbocycles. The molecule has 0 aliphatic heterocycles. The lowest BCUT2D eigenvalue weighted by Gasteiger charge is -2.29. The van der Waals surface area contributed by atoms with Crippen molar-refractivity contribution in [2.24, 2.45) is 0 Å². The first-order valence-electron chi connectivity index (χ1n) is 6.46. The van der Waals surface area contributed by atoms with E-state index in [0.29, 0.717) is 11.1 Å². The predicted molar refractivity (Wildman–Crippen MR) is 82.4 cm³/mol. The first-order chi connectivity index (χ1) is 9.33. The lowest BCUT2D eigenvalue weighted by molar-refractivity contribution is -0.384. The number of nitro groups is 1. The Hall–Kier alpha value is -1.43. The highest BCUT2D eigenvalue weighted by Crippen LogP contribution is 2.20. The highest BCUT2D eigenvalue weighted by molar-refractivity contribution is 9.09. The van der Waals surface area contributed by atoms with Crippen molar-refractivity contribution in [2.75, 3.05) is 5.33 Å². The second-order valence-corrected chi connectivity index (χ2v) is 5.86. The van der Waals surface area contributed by atoms with E-state index in [1.165, 1.54) is 18.2 Å². The zero-order chi connectivity index (χ0) is 15.3. The molecule has 1 aromatic rings. The Morgan fingerprint density at radius 2 is 2.15 bits per heavy atom. The number of benzene rings is 1. The molecule has 1 amide bonds. The number of alkyl halides is 1. The van der Waals surface area contributed by atoms with Gasteiger partial charge in [-0.1, -0.05) is 22.9 Å². The number of nitrogens with zero attached hydrogens (tertiary/aromatic N) is 1. The van der Waals surface area contributed by atoms with Crippen LogP contribution < -0.4 is 5.32 Å². The second kappa shape index (κ2) is 6.83. The number of nitro benzene ring substituents is 1. The Morgan fingerprint density at radius 3 is 2.60 bits per heavy atom. The van der Waals surface area contributed by atoms with E-state index in [2.05, 4.69) is 21.2 Å². The summed E-state index contributed by atoms with van der Waals surface area (Å²) in [6, 6.07) is 4.28. The fraction of sp³-hybridized carbons (Fsp3) is 0.500. The third kappa shape index (κ3) is 4.03. The molecule has 0 fully saturated rings. The largest absolute Gasteiger partial charge is 0.347 e. The molecule has 0 radical (unpaired) electrons. The summed E-state index contributed by atoms with van der Waals surface area (Å²) in [5.74, 6) is -0.192. The molecule has 0 spiro atoms. The van der Waals surface area contributed by atoms with E-state index in [9.17, 15) is 14.9 Å². The van der Waals surface area contributed by atoms with Crippen molar-refractivity contribution >= 4 is 27.5 Å². The van der Waals surface area contributed by atoms with Gasteiger partial charge < -0.3 is 5.32 Å². The molecule has 0 aliphatic carbocycles. The van der Waals surface area contributed by atoms with Gasteiger partial charge in [-0.3, -0.25) is 14.9 Å². The summed E-state index contributed by atoms with van der Waals surface area (Å²) in [6.45, 7) is 5.72. The Bertz CT molecular complexity index is 519. The second-order valence-electron chi connectivity index (χ2n) is 5.06. The maximum atomic E-state index is 12.3. The average molecular weight is 343 g/mol. The summed E-state index contributed by atoms with van der Waals surface area (Å²) >= 11 is 3.39. The first kappa shape index (κ1) is 16.6. The molecule has 20 heavy (non-hydrogen) atoms. The van der Waals surface area contributed by atoms with Crippen LogP contribution in [0, 0.1) is 17.0 Å². The van der Waals surface area contributed by atoms with Crippen molar-refractivity contribution < 1.29 is 9.72 Å². The van der Waals surface area contributed by atoms with Gasteiger partial charge in [0.25, 0.3) is 11.6 Å². The Labute approximate surface area is 127 Å². The van der Waals surface area contributed by atoms with Crippen LogP contribution >= 0.6 is 15.9 Å². The number of nitrogens with one attached hydrogen (secondary N) is 1. The van der Waals surface area contributed by atoms with Crippen molar-refractivity contribution in [1.29, 1.82) is 0 Å². The van der Waals surface area contributed by atoms with Crippen molar-refractivity contribution in [2.45, 2.75) is 39.2 Å². The summed E-state index contributed by atoms with van der Waals surface area (Å²) in [7, 11) is 0. The number of rotatable bonds is 6. The molecule has 1 unspecified atom stereocenters. The van der Waals surface area contributed by atoms with Gasteiger partial charge in [-0.25, -0.2) is 0 Å². The van der Waals surface area contributed by atoms with Crippen molar-refractivity contribution in [3.8, 4) is 0 Å². The van der Waals surface area contributed by atoms with Crippen molar-refractivity contribution in [3.63, 3.8) is 0 Å². The molecule has 6 heteroatoms. The van der Waals surface area contributed by atoms with Gasteiger partial charge in [0, 0.05) is 28.6 Å². The Morgan fingerprint density at radius 1 is 1.50 bits per heavy atom. The van der Waals surface area contributed by atoms with Crippen molar-refractivity contribution in [3.05, 3.63) is 39.4 Å². The predicted octanol–water partition coefficient (Wildman–Crippen LogP) is 3.59. The molecule has 1 rings (SSSR count). The fourth-order valence-corrected chi connectivity index (χ4v) is 2.77. The SMILES string of the molecule is CCC(C)(CCBr)NC(=O)c1ccc([N+](=O)[O-])cc1C. The number of hydrogen-bond donors (Lipinski definition) is 1. The molecule has 0 aromatic heterocycles. The van der Waals surface area contributed by atoms with Crippen LogP contribution in [0.15, 0.2) is 18.2 Å². The summed E-state index contributed by atoms with van der Waals surface area (Å²) in [5.41, 5.74) is 0.797. The van der Waals surface area contributed by atoms with Gasteiger partial charge in [0.05, 0.1) is 4.92 Å². The zero-order valence-corrected chi connectivity index (χ0v) is 13.5. The van der Waals surface area contributed by atoms with E-state index in [-0.39, 0.29) is 17.1 Å². The number of non-ortho nitro benzene ring substituents is 1. The molecule has 1 atom stereocenters. The van der Waals surface area contributed by atoms with Crippen LogP contribution in [-0.2, 0) is 0 Å². The van der Waals surface area contributed by atoms with Gasteiger partial charge >= 0.3 is 0 Å². The van der Waals surface area contributed by atoms with E-state index in [1.807, 2.05) is 13.8 Å². The highest BCUT2D eigenvalue weighted by Gasteiger charge is 2.25. The van der Waals surface area contributed by atoms with E-state index in [4.69, 9.17) is 0 Å². The van der Waals surface area contributed by atoms with E-state index >= 15 is 0 Å². The average Bonchev–Trinajstić information content (AvgIpc) is 2.38. The monoisotopic (exact) mass is 342 g/mol. The smallest absolute Gasteiger partial charge is 0.269 e. The quantitative estimate of drug-likeness (QED) is 0.487. The molecule has 0 aliphatic rings. The van der Waals surface area contributed by atoms with Gasteiger partial charge in [0.1, 0.15) is 0 Å². The van der Waals surface area contributed by atoms with E-state index in [1.54, 1.807) is 6.92 Å². The first-order valence-corrected chi connectivity index (χ1v) is 7.58. The van der Waals surface area contributed by atoms with Gasteiger partial charge in [-0.15, -0.1) is 0 Å². The van der Waals surface area contributed by atoms with Gasteiger partial charge in [0.2, 0.25) is 0 Å². The summed E-state index contributed by atoms with van der Waals surface area (Å²) in [4.78, 5) is 22.5. The summed E-state index contributed by atoms with van der Waals surface area (Å²) in [5, 5.41) is 14.5. The maximum absolute atomic E-state index is 12.3. The van der Waals surface area contributed by atoms with Crippen LogP contribution in [0.4, 0.5) is 5.69 Å². The standard InChI is InChI=1S/C14H19BrN2O3/c1-4-14(3,7-8-15)16-13(18)12-6-5-11(17(19)20)9-10(12)2/h5-6,9H,4,7-8H2,1-3H3,(H,16,18). The van der Waals surface area contributed by atoms with Gasteiger partial charge in [-0.2, -0.15) is 0 Å². The molecular weight excluding hydrogens is 324 g/mol. The Balaban J connectivity index is 2.95. The minimum atomic E-state index is -0.463. The molecule has 1 N–H and O–H groups in total. The molecule has 0 heterocycles. The van der Waals surface area contributed by atoms with E-state index in [0.717, 1.165) is 18.2 Å². The minimum Gasteiger partial charge on any atom is -0.347 e. The summed E-state index contributed by atoms with van der Waals surface area (Å²) in [6.07, 6.45) is 1.64. The van der Waals surface area contributed by atoms with Crippen LogP contribution in [0.3, 0.4) is 0 Å². The van der Waals surface area contributed by atoms with Crippen LogP contribution in [0.2, 0.25) is 0 Å². The van der Waals surface area contributed by atoms with Gasteiger partial charge in [0.15, 0.2) is 0 Å². The normalized spacial score (nSPS) is 13.6. The third-order valence-electron chi connectivity index (χ3n) is 3.51. The Kier molecular flexibility index (Phi) is 5.68. The lowest BCUT2D eigenvalue weighted by Crippen LogP contribution is -2.46.